The predicted molar refractivity (Wildman–Crippen MR) is 182 cm³/mol. The van der Waals surface area contributed by atoms with Gasteiger partial charge in [0.15, 0.2) is 5.78 Å². The number of carbonyl (C=O) groups excluding carboxylic acids is 1. The van der Waals surface area contributed by atoms with E-state index in [-0.39, 0.29) is 17.6 Å². The molecule has 0 amide bonds. The van der Waals surface area contributed by atoms with Gasteiger partial charge in [-0.2, -0.15) is 0 Å². The van der Waals surface area contributed by atoms with Crippen molar-refractivity contribution in [2.24, 2.45) is 0 Å². The van der Waals surface area contributed by atoms with E-state index in [1.807, 2.05) is 32.0 Å². The number of piperidine rings is 2. The van der Waals surface area contributed by atoms with Gasteiger partial charge in [-0.05, 0) is 144 Å². The number of Topliss-reactive ketones (excluding diaryl/α,β-unsaturated/α-hetero) is 1. The molecule has 3 heterocycles. The summed E-state index contributed by atoms with van der Waals surface area (Å²) in [5.74, 6) is 1.13. The first-order chi connectivity index (χ1) is 21.5. The highest BCUT2D eigenvalue weighted by atomic mass is 16.5. The molecule has 3 fully saturated rings. The molecule has 3 aromatic rings. The van der Waals surface area contributed by atoms with Crippen molar-refractivity contribution >= 4 is 16.6 Å². The summed E-state index contributed by atoms with van der Waals surface area (Å²) in [6.07, 6.45) is 11.5. The third kappa shape index (κ3) is 7.73. The van der Waals surface area contributed by atoms with Gasteiger partial charge in [0.1, 0.15) is 5.75 Å². The van der Waals surface area contributed by atoms with Gasteiger partial charge in [-0.3, -0.25) is 4.79 Å². The van der Waals surface area contributed by atoms with Gasteiger partial charge in [0.25, 0.3) is 0 Å². The van der Waals surface area contributed by atoms with Crippen LogP contribution in [0, 0.1) is 0 Å². The molecule has 44 heavy (non-hydrogen) atoms. The molecular weight excluding hydrogens is 542 g/mol. The van der Waals surface area contributed by atoms with Crippen LogP contribution in [0.1, 0.15) is 82.8 Å². The van der Waals surface area contributed by atoms with Crippen molar-refractivity contribution in [3.05, 3.63) is 77.9 Å². The average molecular weight is 596 g/mol. The van der Waals surface area contributed by atoms with Crippen molar-refractivity contribution in [1.29, 1.82) is 0 Å². The van der Waals surface area contributed by atoms with E-state index < -0.39 is 0 Å². The normalized spacial score (nSPS) is 24.4. The number of carbonyl (C=O) groups is 1. The van der Waals surface area contributed by atoms with Gasteiger partial charge >= 0.3 is 0 Å². The molecule has 0 radical (unpaired) electrons. The Kier molecular flexibility index (Phi) is 10.4. The van der Waals surface area contributed by atoms with E-state index in [0.717, 1.165) is 56.1 Å². The van der Waals surface area contributed by atoms with Crippen molar-refractivity contribution < 1.29 is 9.53 Å². The Morgan fingerprint density at radius 1 is 0.909 bits per heavy atom. The standard InChI is InChI=1S/C39H53N3O2/c1-30(2)44-36-13-8-10-31(26-36)27-38(43)37-29-39(18-9-20-40-37,34-15-14-32-11-4-5-12-33(32)28-34)19-25-41-23-16-35(17-24-41)42-21-6-3-7-22-42/h4-5,8,10-15,26,28,30,35,37,40H,3,6-7,9,16-25,27,29H2,1-2H3. The van der Waals surface area contributed by atoms with E-state index in [1.165, 1.54) is 74.6 Å². The summed E-state index contributed by atoms with van der Waals surface area (Å²) in [6.45, 7) is 11.1. The number of ketones is 1. The minimum Gasteiger partial charge on any atom is -0.491 e. The molecule has 236 valence electrons. The van der Waals surface area contributed by atoms with E-state index in [1.54, 1.807) is 0 Å². The number of rotatable bonds is 10. The number of benzene rings is 3. The minimum atomic E-state index is -0.150. The zero-order chi connectivity index (χ0) is 30.4. The highest BCUT2D eigenvalue weighted by Crippen LogP contribution is 2.41. The third-order valence-electron chi connectivity index (χ3n) is 10.6. The van der Waals surface area contributed by atoms with Gasteiger partial charge in [-0.15, -0.1) is 0 Å². The number of hydrogen-bond acceptors (Lipinski definition) is 5. The topological polar surface area (TPSA) is 44.8 Å². The van der Waals surface area contributed by atoms with Crippen LogP contribution in [0.4, 0.5) is 0 Å². The van der Waals surface area contributed by atoms with E-state index >= 15 is 0 Å². The Hall–Kier alpha value is -2.73. The van der Waals surface area contributed by atoms with Crippen LogP contribution in [0.2, 0.25) is 0 Å². The molecule has 1 N–H and O–H groups in total. The van der Waals surface area contributed by atoms with Crippen molar-refractivity contribution in [2.45, 2.75) is 102 Å². The molecule has 0 saturated carbocycles. The Morgan fingerprint density at radius 3 is 2.50 bits per heavy atom. The molecule has 3 aliphatic heterocycles. The van der Waals surface area contributed by atoms with Crippen molar-refractivity contribution in [3.63, 3.8) is 0 Å². The summed E-state index contributed by atoms with van der Waals surface area (Å²) in [7, 11) is 0. The molecule has 2 atom stereocenters. The van der Waals surface area contributed by atoms with Gasteiger partial charge in [0.05, 0.1) is 12.1 Å². The highest BCUT2D eigenvalue weighted by molar-refractivity contribution is 5.87. The lowest BCUT2D eigenvalue weighted by atomic mass is 9.69. The van der Waals surface area contributed by atoms with E-state index in [9.17, 15) is 4.79 Å². The van der Waals surface area contributed by atoms with Crippen LogP contribution in [0.5, 0.6) is 5.75 Å². The van der Waals surface area contributed by atoms with Crippen LogP contribution < -0.4 is 10.1 Å². The maximum absolute atomic E-state index is 14.0. The first-order valence-corrected chi connectivity index (χ1v) is 17.4. The molecule has 0 aliphatic carbocycles. The average Bonchev–Trinajstić information content (AvgIpc) is 3.28. The number of nitrogens with one attached hydrogen (secondary N) is 1. The number of likely N-dealkylation sites (tertiary alicyclic amines) is 2. The molecule has 6 rings (SSSR count). The summed E-state index contributed by atoms with van der Waals surface area (Å²) in [5, 5.41) is 6.28. The van der Waals surface area contributed by atoms with Gasteiger partial charge < -0.3 is 19.9 Å². The fourth-order valence-corrected chi connectivity index (χ4v) is 8.14. The fraction of sp³-hybridized carbons (Fsp3) is 0.564. The molecule has 0 aromatic heterocycles. The van der Waals surface area contributed by atoms with Crippen LogP contribution in [0.15, 0.2) is 66.7 Å². The fourth-order valence-electron chi connectivity index (χ4n) is 8.14. The van der Waals surface area contributed by atoms with E-state index in [4.69, 9.17) is 4.74 Å². The summed E-state index contributed by atoms with van der Waals surface area (Å²) >= 11 is 0. The van der Waals surface area contributed by atoms with Crippen LogP contribution in [-0.2, 0) is 16.6 Å². The summed E-state index contributed by atoms with van der Waals surface area (Å²) in [4.78, 5) is 19.5. The zero-order valence-electron chi connectivity index (χ0n) is 27.1. The molecule has 3 saturated heterocycles. The lowest BCUT2D eigenvalue weighted by Crippen LogP contribution is -2.48. The van der Waals surface area contributed by atoms with Crippen molar-refractivity contribution in [2.75, 3.05) is 39.3 Å². The Labute approximate surface area is 265 Å². The molecule has 5 heteroatoms. The number of hydrogen-bond donors (Lipinski definition) is 1. The molecule has 2 unspecified atom stereocenters. The molecule has 0 spiro atoms. The number of ether oxygens (including phenoxy) is 1. The first-order valence-electron chi connectivity index (χ1n) is 17.4. The summed E-state index contributed by atoms with van der Waals surface area (Å²) in [6, 6.07) is 24.5. The lowest BCUT2D eigenvalue weighted by molar-refractivity contribution is -0.120. The molecule has 3 aliphatic rings. The Morgan fingerprint density at radius 2 is 1.70 bits per heavy atom. The SMILES string of the molecule is CC(C)Oc1cccc(CC(=O)C2CC(CCN3CCC(N4CCCCC4)CC3)(c3ccc4ccccc4c3)CCCN2)c1. The maximum Gasteiger partial charge on any atom is 0.154 e. The Balaban J connectivity index is 1.19. The molecular formula is C39H53N3O2. The lowest BCUT2D eigenvalue weighted by Gasteiger charge is -2.42. The Bertz CT molecular complexity index is 1370. The second kappa shape index (κ2) is 14.6. The number of nitrogens with zero attached hydrogens (tertiary/aromatic N) is 2. The quantitative estimate of drug-likeness (QED) is 0.270. The smallest absolute Gasteiger partial charge is 0.154 e. The van der Waals surface area contributed by atoms with Crippen LogP contribution in [0.25, 0.3) is 10.8 Å². The van der Waals surface area contributed by atoms with Crippen molar-refractivity contribution in [1.82, 2.24) is 15.1 Å². The van der Waals surface area contributed by atoms with Crippen LogP contribution >= 0.6 is 0 Å². The van der Waals surface area contributed by atoms with Gasteiger partial charge in [-0.25, -0.2) is 0 Å². The first kappa shape index (κ1) is 31.3. The van der Waals surface area contributed by atoms with Gasteiger partial charge in [0.2, 0.25) is 0 Å². The van der Waals surface area contributed by atoms with Crippen molar-refractivity contribution in [3.8, 4) is 5.75 Å². The third-order valence-corrected chi connectivity index (χ3v) is 10.6. The van der Waals surface area contributed by atoms with E-state index in [2.05, 4.69) is 63.6 Å². The predicted octanol–water partition coefficient (Wildman–Crippen LogP) is 7.16. The summed E-state index contributed by atoms with van der Waals surface area (Å²) in [5.41, 5.74) is 2.42. The number of fused-ring (bicyclic) bond motifs is 1. The van der Waals surface area contributed by atoms with Gasteiger partial charge in [-0.1, -0.05) is 61.0 Å². The van der Waals surface area contributed by atoms with E-state index in [0.29, 0.717) is 12.2 Å². The maximum atomic E-state index is 14.0. The highest BCUT2D eigenvalue weighted by Gasteiger charge is 2.39. The molecule has 5 nitrogen and oxygen atoms in total. The summed E-state index contributed by atoms with van der Waals surface area (Å²) < 4.78 is 5.92. The molecule has 0 bridgehead atoms. The second-order valence-corrected chi connectivity index (χ2v) is 14.0. The second-order valence-electron chi connectivity index (χ2n) is 14.0. The van der Waals surface area contributed by atoms with Crippen LogP contribution in [0.3, 0.4) is 0 Å². The molecule has 3 aromatic carbocycles. The monoisotopic (exact) mass is 595 g/mol. The minimum absolute atomic E-state index is 0.0276. The zero-order valence-corrected chi connectivity index (χ0v) is 27.1. The largest absolute Gasteiger partial charge is 0.491 e. The van der Waals surface area contributed by atoms with Crippen LogP contribution in [-0.4, -0.2) is 73.0 Å². The van der Waals surface area contributed by atoms with Gasteiger partial charge in [0, 0.05) is 12.5 Å².